The zero-order valence-corrected chi connectivity index (χ0v) is 21.1. The molecule has 0 spiro atoms. The molecule has 0 aromatic carbocycles. The summed E-state index contributed by atoms with van der Waals surface area (Å²) in [5.74, 6) is -3.40. The molecule has 0 aliphatic carbocycles. The molecule has 0 bridgehead atoms. The molecule has 0 saturated heterocycles. The highest BCUT2D eigenvalue weighted by atomic mass is 32.2. The summed E-state index contributed by atoms with van der Waals surface area (Å²) in [5.41, 5.74) is 21.7. The Morgan fingerprint density at radius 2 is 1.23 bits per heavy atom. The highest BCUT2D eigenvalue weighted by molar-refractivity contribution is 7.98. The van der Waals surface area contributed by atoms with Gasteiger partial charge < -0.3 is 44.0 Å². The van der Waals surface area contributed by atoms with Crippen molar-refractivity contribution in [1.82, 2.24) is 16.0 Å². The van der Waals surface area contributed by atoms with Crippen molar-refractivity contribution >= 4 is 41.4 Å². The third-order valence-electron chi connectivity index (χ3n) is 5.14. The summed E-state index contributed by atoms with van der Waals surface area (Å²) < 4.78 is 0. The summed E-state index contributed by atoms with van der Waals surface area (Å²) in [5, 5.41) is 17.1. The average Bonchev–Trinajstić information content (AvgIpc) is 2.79. The van der Waals surface area contributed by atoms with Crippen LogP contribution < -0.4 is 38.9 Å². The van der Waals surface area contributed by atoms with E-state index in [1.807, 2.05) is 6.26 Å². The number of nitrogens with two attached hydrogens (primary N) is 4. The van der Waals surface area contributed by atoms with E-state index >= 15 is 0 Å². The summed E-state index contributed by atoms with van der Waals surface area (Å²) in [6, 6.07) is -4.38. The molecule has 0 heterocycles. The molecule has 13 nitrogen and oxygen atoms in total. The molecule has 0 aliphatic heterocycles. The van der Waals surface area contributed by atoms with E-state index < -0.39 is 53.8 Å². The largest absolute Gasteiger partial charge is 0.480 e. The second-order valence-corrected chi connectivity index (χ2v) is 9.13. The van der Waals surface area contributed by atoms with Gasteiger partial charge in [-0.2, -0.15) is 11.8 Å². The van der Waals surface area contributed by atoms with E-state index in [0.29, 0.717) is 44.5 Å². The number of amides is 4. The van der Waals surface area contributed by atoms with Crippen LogP contribution in [0.1, 0.15) is 51.4 Å². The van der Waals surface area contributed by atoms with Crippen LogP contribution in [0.2, 0.25) is 0 Å². The topological polar surface area (TPSA) is 246 Å². The third kappa shape index (κ3) is 14.5. The van der Waals surface area contributed by atoms with Gasteiger partial charge in [-0.15, -0.1) is 0 Å². The number of hydrogen-bond acceptors (Lipinski definition) is 9. The van der Waals surface area contributed by atoms with E-state index in [2.05, 4.69) is 16.0 Å². The van der Waals surface area contributed by atoms with Crippen LogP contribution in [0.5, 0.6) is 0 Å². The first-order valence-electron chi connectivity index (χ1n) is 11.6. The number of aliphatic carboxylic acids is 1. The fourth-order valence-electron chi connectivity index (χ4n) is 3.15. The van der Waals surface area contributed by atoms with Gasteiger partial charge in [-0.1, -0.05) is 0 Å². The number of unbranched alkanes of at least 4 members (excludes halogenated alkanes) is 2. The summed E-state index contributed by atoms with van der Waals surface area (Å²) in [7, 11) is 0. The van der Waals surface area contributed by atoms with Crippen molar-refractivity contribution in [3.05, 3.63) is 0 Å². The maximum absolute atomic E-state index is 13.0. The molecule has 0 radical (unpaired) electrons. The van der Waals surface area contributed by atoms with Crippen LogP contribution in [-0.4, -0.2) is 84.0 Å². The average molecular weight is 520 g/mol. The lowest BCUT2D eigenvalue weighted by atomic mass is 10.1. The predicted molar refractivity (Wildman–Crippen MR) is 134 cm³/mol. The number of carboxylic acids is 1. The maximum atomic E-state index is 13.0. The standard InChI is InChI=1S/C21H41N7O6S/c1-35-11-8-15(20(32)28-16(21(33)34)7-3-5-10-23)27-19(31)14(6-2-4-9-22)26-18(30)13(24)12-17(25)29/h13-16H,2-12,22-24H2,1H3,(H2,25,29)(H,26,30)(H,27,31)(H,28,32)(H,33,34). The van der Waals surface area contributed by atoms with Crippen molar-refractivity contribution in [1.29, 1.82) is 0 Å². The Hall–Kier alpha value is -2.42. The Morgan fingerprint density at radius 3 is 1.69 bits per heavy atom. The molecule has 4 amide bonds. The summed E-state index contributed by atoms with van der Waals surface area (Å²) in [6.07, 6.45) is 4.39. The summed E-state index contributed by atoms with van der Waals surface area (Å²) in [4.78, 5) is 60.9. The van der Waals surface area contributed by atoms with Crippen molar-refractivity contribution in [3.8, 4) is 0 Å². The van der Waals surface area contributed by atoms with Crippen LogP contribution >= 0.6 is 11.8 Å². The maximum Gasteiger partial charge on any atom is 0.326 e. The second-order valence-electron chi connectivity index (χ2n) is 8.15. The zero-order chi connectivity index (χ0) is 26.8. The molecule has 0 aromatic heterocycles. The van der Waals surface area contributed by atoms with Crippen LogP contribution in [0.15, 0.2) is 0 Å². The Labute approximate surface area is 210 Å². The number of carbonyl (C=O) groups is 5. The number of primary amides is 1. The van der Waals surface area contributed by atoms with Gasteiger partial charge in [0.2, 0.25) is 23.6 Å². The molecule has 14 heteroatoms. The Kier molecular flexibility index (Phi) is 17.5. The van der Waals surface area contributed by atoms with Gasteiger partial charge in [0.15, 0.2) is 0 Å². The van der Waals surface area contributed by atoms with Gasteiger partial charge in [0.1, 0.15) is 18.1 Å². The fraction of sp³-hybridized carbons (Fsp3) is 0.762. The molecule has 4 atom stereocenters. The fourth-order valence-corrected chi connectivity index (χ4v) is 3.62. The molecule has 0 fully saturated rings. The van der Waals surface area contributed by atoms with Crippen LogP contribution in [0.25, 0.3) is 0 Å². The quantitative estimate of drug-likeness (QED) is 0.0802. The van der Waals surface area contributed by atoms with Crippen molar-refractivity contribution in [2.75, 3.05) is 25.1 Å². The molecule has 0 aliphatic rings. The van der Waals surface area contributed by atoms with Gasteiger partial charge in [-0.3, -0.25) is 19.2 Å². The van der Waals surface area contributed by atoms with Gasteiger partial charge >= 0.3 is 5.97 Å². The third-order valence-corrected chi connectivity index (χ3v) is 5.79. The van der Waals surface area contributed by atoms with Gasteiger partial charge in [0.25, 0.3) is 0 Å². The smallest absolute Gasteiger partial charge is 0.326 e. The first-order valence-corrected chi connectivity index (χ1v) is 13.0. The van der Waals surface area contributed by atoms with E-state index in [1.165, 1.54) is 11.8 Å². The van der Waals surface area contributed by atoms with Gasteiger partial charge in [0, 0.05) is 0 Å². The lowest BCUT2D eigenvalue weighted by Crippen LogP contribution is -2.57. The number of rotatable bonds is 20. The minimum absolute atomic E-state index is 0.205. The first-order chi connectivity index (χ1) is 16.6. The van der Waals surface area contributed by atoms with Crippen molar-refractivity contribution in [2.45, 2.75) is 75.5 Å². The van der Waals surface area contributed by atoms with E-state index in [9.17, 15) is 29.1 Å². The monoisotopic (exact) mass is 519 g/mol. The van der Waals surface area contributed by atoms with Crippen LogP contribution in [0, 0.1) is 0 Å². The number of carbonyl (C=O) groups excluding carboxylic acids is 4. The van der Waals surface area contributed by atoms with Crippen LogP contribution in [0.4, 0.5) is 0 Å². The normalized spacial score (nSPS) is 14.3. The number of carboxylic acid groups (broad SMARTS) is 1. The zero-order valence-electron chi connectivity index (χ0n) is 20.3. The molecule has 12 N–H and O–H groups in total. The van der Waals surface area contributed by atoms with Gasteiger partial charge in [-0.05, 0) is 70.0 Å². The Bertz CT molecular complexity index is 697. The predicted octanol–water partition coefficient (Wildman–Crippen LogP) is -2.26. The van der Waals surface area contributed by atoms with Crippen molar-refractivity contribution < 1.29 is 29.1 Å². The molecule has 202 valence electrons. The molecule has 4 unspecified atom stereocenters. The highest BCUT2D eigenvalue weighted by Gasteiger charge is 2.30. The molecule has 0 rings (SSSR count). The minimum Gasteiger partial charge on any atom is -0.480 e. The number of nitrogens with one attached hydrogen (secondary N) is 3. The van der Waals surface area contributed by atoms with Crippen LogP contribution in [-0.2, 0) is 24.0 Å². The summed E-state index contributed by atoms with van der Waals surface area (Å²) in [6.45, 7) is 0.802. The van der Waals surface area contributed by atoms with Crippen molar-refractivity contribution in [2.24, 2.45) is 22.9 Å². The van der Waals surface area contributed by atoms with E-state index in [0.717, 1.165) is 0 Å². The molecule has 0 saturated carbocycles. The molecular weight excluding hydrogens is 478 g/mol. The molecule has 35 heavy (non-hydrogen) atoms. The van der Waals surface area contributed by atoms with E-state index in [-0.39, 0.29) is 25.7 Å². The SMILES string of the molecule is CSCCC(NC(=O)C(CCCCN)NC(=O)C(N)CC(N)=O)C(=O)NC(CCCCN)C(=O)O. The lowest BCUT2D eigenvalue weighted by Gasteiger charge is -2.25. The molecular formula is C21H41N7O6S. The van der Waals surface area contributed by atoms with E-state index in [4.69, 9.17) is 22.9 Å². The first kappa shape index (κ1) is 32.6. The van der Waals surface area contributed by atoms with E-state index in [1.54, 1.807) is 0 Å². The molecule has 0 aromatic rings. The second kappa shape index (κ2) is 18.9. The number of thioether (sulfide) groups is 1. The van der Waals surface area contributed by atoms with Gasteiger partial charge in [-0.25, -0.2) is 4.79 Å². The Balaban J connectivity index is 5.43. The summed E-state index contributed by atoms with van der Waals surface area (Å²) >= 11 is 1.46. The Morgan fingerprint density at radius 1 is 0.771 bits per heavy atom. The minimum atomic E-state index is -1.22. The van der Waals surface area contributed by atoms with Gasteiger partial charge in [0.05, 0.1) is 12.5 Å². The highest BCUT2D eigenvalue weighted by Crippen LogP contribution is 2.07. The van der Waals surface area contributed by atoms with Crippen LogP contribution in [0.3, 0.4) is 0 Å². The lowest BCUT2D eigenvalue weighted by molar-refractivity contribution is -0.142. The number of hydrogen-bond donors (Lipinski definition) is 8. The van der Waals surface area contributed by atoms with Crippen molar-refractivity contribution in [3.63, 3.8) is 0 Å².